The Hall–Kier alpha value is -2.38. The summed E-state index contributed by atoms with van der Waals surface area (Å²) in [7, 11) is 1.33. The average Bonchev–Trinajstić information content (AvgIpc) is 2.43. The summed E-state index contributed by atoms with van der Waals surface area (Å²) in [5, 5.41) is 11.3. The van der Waals surface area contributed by atoms with Crippen molar-refractivity contribution in [3.63, 3.8) is 0 Å². The fourth-order valence-corrected chi connectivity index (χ4v) is 1.81. The molecule has 0 fully saturated rings. The van der Waals surface area contributed by atoms with Gasteiger partial charge in [-0.1, -0.05) is 13.3 Å². The summed E-state index contributed by atoms with van der Waals surface area (Å²) in [4.78, 5) is 45.4. The first-order chi connectivity index (χ1) is 9.85. The molecule has 1 atom stereocenters. The van der Waals surface area contributed by atoms with Crippen molar-refractivity contribution in [1.82, 2.24) is 14.5 Å². The molecule has 0 aliphatic carbocycles. The van der Waals surface area contributed by atoms with Crippen LogP contribution in [0.2, 0.25) is 0 Å². The maximum atomic E-state index is 11.8. The quantitative estimate of drug-likeness (QED) is 0.682. The van der Waals surface area contributed by atoms with Crippen LogP contribution in [0.1, 0.15) is 19.8 Å². The third kappa shape index (κ3) is 4.90. The molecule has 0 aliphatic heterocycles. The van der Waals surface area contributed by atoms with E-state index in [1.165, 1.54) is 19.3 Å². The lowest BCUT2D eigenvalue weighted by atomic mass is 10.0. The first-order valence-corrected chi connectivity index (χ1v) is 6.60. The van der Waals surface area contributed by atoms with E-state index in [1.807, 2.05) is 6.92 Å². The van der Waals surface area contributed by atoms with Crippen molar-refractivity contribution in [2.75, 3.05) is 6.54 Å². The van der Waals surface area contributed by atoms with Crippen molar-refractivity contribution < 1.29 is 14.7 Å². The number of nitrogens with one attached hydrogen (secondary N) is 1. The number of nitrogens with zero attached hydrogens (tertiary/aromatic N) is 2. The second kappa shape index (κ2) is 7.41. The number of amides is 1. The molecule has 1 aromatic rings. The van der Waals surface area contributed by atoms with Crippen LogP contribution in [0.25, 0.3) is 0 Å². The molecule has 21 heavy (non-hydrogen) atoms. The molecule has 0 saturated carbocycles. The van der Waals surface area contributed by atoms with Crippen LogP contribution in [0.3, 0.4) is 0 Å². The lowest BCUT2D eigenvalue weighted by Gasteiger charge is -2.14. The highest BCUT2D eigenvalue weighted by atomic mass is 16.4. The highest BCUT2D eigenvalue weighted by Gasteiger charge is 2.13. The average molecular weight is 297 g/mol. The molecule has 8 nitrogen and oxygen atoms in total. The Bertz CT molecular complexity index is 631. The standard InChI is InChI=1S/C13H19N3O5/c1-3-9(6-12(19)20)7-14-10(17)8-16-5-4-11(18)15(2)13(16)21/h4-5,9H,3,6-8H2,1-2H3,(H,14,17)(H,19,20). The number of aromatic nitrogens is 2. The molecular formula is C13H19N3O5. The Morgan fingerprint density at radius 1 is 1.38 bits per heavy atom. The fraction of sp³-hybridized carbons (Fsp3) is 0.538. The third-order valence-corrected chi connectivity index (χ3v) is 3.20. The van der Waals surface area contributed by atoms with Gasteiger partial charge in [0, 0.05) is 32.3 Å². The van der Waals surface area contributed by atoms with Gasteiger partial charge in [-0.05, 0) is 5.92 Å². The molecule has 0 bridgehead atoms. The van der Waals surface area contributed by atoms with Crippen molar-refractivity contribution in [2.24, 2.45) is 13.0 Å². The van der Waals surface area contributed by atoms with Gasteiger partial charge in [-0.3, -0.25) is 23.5 Å². The van der Waals surface area contributed by atoms with E-state index in [4.69, 9.17) is 5.11 Å². The second-order valence-electron chi connectivity index (χ2n) is 4.80. The molecule has 1 aromatic heterocycles. The zero-order valence-corrected chi connectivity index (χ0v) is 12.0. The van der Waals surface area contributed by atoms with Gasteiger partial charge in [0.2, 0.25) is 5.91 Å². The normalized spacial score (nSPS) is 11.9. The Morgan fingerprint density at radius 2 is 2.05 bits per heavy atom. The van der Waals surface area contributed by atoms with E-state index in [9.17, 15) is 19.2 Å². The van der Waals surface area contributed by atoms with E-state index in [2.05, 4.69) is 5.32 Å². The van der Waals surface area contributed by atoms with Gasteiger partial charge in [0.25, 0.3) is 5.56 Å². The minimum Gasteiger partial charge on any atom is -0.481 e. The zero-order chi connectivity index (χ0) is 16.0. The van der Waals surface area contributed by atoms with Crippen molar-refractivity contribution in [3.8, 4) is 0 Å². The number of hydrogen-bond acceptors (Lipinski definition) is 4. The van der Waals surface area contributed by atoms with Crippen LogP contribution in [0.4, 0.5) is 0 Å². The molecule has 1 rings (SSSR count). The minimum absolute atomic E-state index is 0.0173. The first kappa shape index (κ1) is 16.7. The lowest BCUT2D eigenvalue weighted by molar-refractivity contribution is -0.138. The molecule has 1 unspecified atom stereocenters. The predicted molar refractivity (Wildman–Crippen MR) is 75.0 cm³/mol. The van der Waals surface area contributed by atoms with Crippen LogP contribution < -0.4 is 16.6 Å². The molecule has 8 heteroatoms. The molecule has 0 aromatic carbocycles. The van der Waals surface area contributed by atoms with E-state index in [-0.39, 0.29) is 25.4 Å². The Morgan fingerprint density at radius 3 is 2.62 bits per heavy atom. The van der Waals surface area contributed by atoms with E-state index in [0.29, 0.717) is 6.42 Å². The fourth-order valence-electron chi connectivity index (χ4n) is 1.81. The van der Waals surface area contributed by atoms with Crippen LogP contribution in [0.15, 0.2) is 21.9 Å². The van der Waals surface area contributed by atoms with Crippen LogP contribution in [-0.2, 0) is 23.2 Å². The van der Waals surface area contributed by atoms with E-state index < -0.39 is 23.1 Å². The summed E-state index contributed by atoms with van der Waals surface area (Å²) in [5.41, 5.74) is -1.01. The zero-order valence-electron chi connectivity index (χ0n) is 12.0. The highest BCUT2D eigenvalue weighted by Crippen LogP contribution is 2.06. The molecule has 0 saturated heterocycles. The molecule has 1 heterocycles. The van der Waals surface area contributed by atoms with Gasteiger partial charge in [-0.25, -0.2) is 4.79 Å². The first-order valence-electron chi connectivity index (χ1n) is 6.60. The smallest absolute Gasteiger partial charge is 0.331 e. The topological polar surface area (TPSA) is 110 Å². The molecular weight excluding hydrogens is 278 g/mol. The van der Waals surface area contributed by atoms with Crippen molar-refractivity contribution in [3.05, 3.63) is 33.1 Å². The van der Waals surface area contributed by atoms with E-state index in [0.717, 1.165) is 9.13 Å². The Kier molecular flexibility index (Phi) is 5.89. The molecule has 0 aliphatic rings. The predicted octanol–water partition coefficient (Wildman–Crippen LogP) is -0.836. The SMILES string of the molecule is CCC(CNC(=O)Cn1ccc(=O)n(C)c1=O)CC(=O)O. The molecule has 0 spiro atoms. The second-order valence-corrected chi connectivity index (χ2v) is 4.80. The van der Waals surface area contributed by atoms with Gasteiger partial charge in [0.15, 0.2) is 0 Å². The van der Waals surface area contributed by atoms with Gasteiger partial charge < -0.3 is 10.4 Å². The minimum atomic E-state index is -0.912. The van der Waals surface area contributed by atoms with Crippen LogP contribution in [0, 0.1) is 5.92 Å². The number of aliphatic carboxylic acids is 1. The van der Waals surface area contributed by atoms with E-state index in [1.54, 1.807) is 0 Å². The summed E-state index contributed by atoms with van der Waals surface area (Å²) in [5.74, 6) is -1.46. The number of rotatable bonds is 7. The van der Waals surface area contributed by atoms with Gasteiger partial charge in [0.05, 0.1) is 0 Å². The third-order valence-electron chi connectivity index (χ3n) is 3.20. The van der Waals surface area contributed by atoms with Crippen molar-refractivity contribution in [2.45, 2.75) is 26.3 Å². The maximum absolute atomic E-state index is 11.8. The Balaban J connectivity index is 2.62. The number of carbonyl (C=O) groups excluding carboxylic acids is 1. The molecule has 0 radical (unpaired) electrons. The summed E-state index contributed by atoms with van der Waals surface area (Å²) in [6, 6.07) is 1.20. The van der Waals surface area contributed by atoms with Crippen molar-refractivity contribution >= 4 is 11.9 Å². The van der Waals surface area contributed by atoms with E-state index >= 15 is 0 Å². The molecule has 2 N–H and O–H groups in total. The number of carboxylic acid groups (broad SMARTS) is 1. The summed E-state index contributed by atoms with van der Waals surface area (Å²) >= 11 is 0. The van der Waals surface area contributed by atoms with Crippen molar-refractivity contribution in [1.29, 1.82) is 0 Å². The maximum Gasteiger partial charge on any atom is 0.331 e. The summed E-state index contributed by atoms with van der Waals surface area (Å²) < 4.78 is 2.03. The largest absolute Gasteiger partial charge is 0.481 e. The van der Waals surface area contributed by atoms with Gasteiger partial charge >= 0.3 is 11.7 Å². The number of hydrogen-bond donors (Lipinski definition) is 2. The molecule has 116 valence electrons. The van der Waals surface area contributed by atoms with Crippen LogP contribution in [-0.4, -0.2) is 32.7 Å². The van der Waals surface area contributed by atoms with Crippen LogP contribution >= 0.6 is 0 Å². The van der Waals surface area contributed by atoms with Gasteiger partial charge in [-0.2, -0.15) is 0 Å². The number of carboxylic acids is 1. The van der Waals surface area contributed by atoms with Gasteiger partial charge in [0.1, 0.15) is 6.54 Å². The summed E-state index contributed by atoms with van der Waals surface area (Å²) in [6.07, 6.45) is 1.88. The number of carbonyl (C=O) groups is 2. The summed E-state index contributed by atoms with van der Waals surface area (Å²) in [6.45, 7) is 1.87. The monoisotopic (exact) mass is 297 g/mol. The molecule has 1 amide bonds. The lowest BCUT2D eigenvalue weighted by Crippen LogP contribution is -2.41. The van der Waals surface area contributed by atoms with Crippen LogP contribution in [0.5, 0.6) is 0 Å². The highest BCUT2D eigenvalue weighted by molar-refractivity contribution is 5.75. The Labute approximate surface area is 121 Å². The van der Waals surface area contributed by atoms with Gasteiger partial charge in [-0.15, -0.1) is 0 Å².